The minimum absolute atomic E-state index is 0.248. The molecule has 0 N–H and O–H groups in total. The van der Waals surface area contributed by atoms with Crippen LogP contribution in [0, 0.1) is 0 Å². The van der Waals surface area contributed by atoms with Crippen LogP contribution in [-0.4, -0.2) is 43.7 Å². The SMILES string of the molecule is CCOC(=O)c1cc2cc(OCCCN3CCCC3)ccc2s1. The van der Waals surface area contributed by atoms with Crippen molar-refractivity contribution in [2.45, 2.75) is 26.2 Å². The summed E-state index contributed by atoms with van der Waals surface area (Å²) in [6.45, 7) is 6.54. The van der Waals surface area contributed by atoms with Gasteiger partial charge in [0, 0.05) is 11.2 Å². The highest BCUT2D eigenvalue weighted by molar-refractivity contribution is 7.20. The van der Waals surface area contributed by atoms with Crippen molar-refractivity contribution in [3.05, 3.63) is 29.1 Å². The Labute approximate surface area is 141 Å². The molecule has 5 heteroatoms. The standard InChI is InChI=1S/C18H23NO3S/c1-2-21-18(20)17-13-14-12-15(6-7-16(14)23-17)22-11-5-10-19-8-3-4-9-19/h6-7,12-13H,2-5,8-11H2,1H3. The third kappa shape index (κ3) is 4.24. The molecule has 2 heterocycles. The maximum atomic E-state index is 11.8. The van der Waals surface area contributed by atoms with Gasteiger partial charge in [0.25, 0.3) is 0 Å². The van der Waals surface area contributed by atoms with Gasteiger partial charge in [0.05, 0.1) is 13.2 Å². The summed E-state index contributed by atoms with van der Waals surface area (Å²) in [5.41, 5.74) is 0. The molecule has 0 spiro atoms. The quantitative estimate of drug-likeness (QED) is 0.568. The van der Waals surface area contributed by atoms with Gasteiger partial charge >= 0.3 is 5.97 Å². The number of benzene rings is 1. The van der Waals surface area contributed by atoms with Crippen LogP contribution in [0.3, 0.4) is 0 Å². The van der Waals surface area contributed by atoms with E-state index >= 15 is 0 Å². The molecule has 23 heavy (non-hydrogen) atoms. The Morgan fingerprint density at radius 3 is 2.87 bits per heavy atom. The van der Waals surface area contributed by atoms with Crippen molar-refractivity contribution in [3.63, 3.8) is 0 Å². The molecule has 4 nitrogen and oxygen atoms in total. The maximum Gasteiger partial charge on any atom is 0.348 e. The van der Waals surface area contributed by atoms with E-state index < -0.39 is 0 Å². The first-order valence-electron chi connectivity index (χ1n) is 8.32. The Morgan fingerprint density at radius 1 is 1.26 bits per heavy atom. The third-order valence-electron chi connectivity index (χ3n) is 4.05. The van der Waals surface area contributed by atoms with Crippen molar-refractivity contribution in [1.29, 1.82) is 0 Å². The molecule has 1 aromatic heterocycles. The minimum Gasteiger partial charge on any atom is -0.494 e. The van der Waals surface area contributed by atoms with Gasteiger partial charge in [0.1, 0.15) is 10.6 Å². The number of nitrogens with zero attached hydrogens (tertiary/aromatic N) is 1. The van der Waals surface area contributed by atoms with Crippen molar-refractivity contribution >= 4 is 27.4 Å². The molecule has 0 atom stereocenters. The lowest BCUT2D eigenvalue weighted by atomic mass is 10.2. The van der Waals surface area contributed by atoms with Crippen LogP contribution in [0.1, 0.15) is 35.9 Å². The zero-order chi connectivity index (χ0) is 16.1. The molecule has 3 rings (SSSR count). The summed E-state index contributed by atoms with van der Waals surface area (Å²) in [6.07, 6.45) is 3.71. The van der Waals surface area contributed by atoms with E-state index in [9.17, 15) is 4.79 Å². The van der Waals surface area contributed by atoms with E-state index in [-0.39, 0.29) is 5.97 Å². The first kappa shape index (κ1) is 16.3. The summed E-state index contributed by atoms with van der Waals surface area (Å²) >= 11 is 1.46. The highest BCUT2D eigenvalue weighted by Crippen LogP contribution is 2.29. The molecule has 0 bridgehead atoms. The molecule has 0 saturated carbocycles. The van der Waals surface area contributed by atoms with Crippen LogP contribution < -0.4 is 4.74 Å². The van der Waals surface area contributed by atoms with Crippen molar-refractivity contribution < 1.29 is 14.3 Å². The molecular formula is C18H23NO3S. The minimum atomic E-state index is -0.248. The first-order valence-corrected chi connectivity index (χ1v) is 9.14. The summed E-state index contributed by atoms with van der Waals surface area (Å²) in [6, 6.07) is 7.88. The molecular weight excluding hydrogens is 310 g/mol. The average molecular weight is 333 g/mol. The van der Waals surface area contributed by atoms with Crippen LogP contribution in [0.4, 0.5) is 0 Å². The number of esters is 1. The Hall–Kier alpha value is -1.59. The molecule has 124 valence electrons. The number of thiophene rings is 1. The van der Waals surface area contributed by atoms with Crippen LogP contribution in [0.25, 0.3) is 10.1 Å². The van der Waals surface area contributed by atoms with Gasteiger partial charge in [-0.05, 0) is 68.9 Å². The van der Waals surface area contributed by atoms with Gasteiger partial charge in [0.15, 0.2) is 0 Å². The van der Waals surface area contributed by atoms with E-state index in [2.05, 4.69) is 4.90 Å². The van der Waals surface area contributed by atoms with Crippen molar-refractivity contribution in [3.8, 4) is 5.75 Å². The fourth-order valence-electron chi connectivity index (χ4n) is 2.90. The number of carbonyl (C=O) groups excluding carboxylic acids is 1. The second kappa shape index (κ2) is 7.79. The first-order chi connectivity index (χ1) is 11.3. The van der Waals surface area contributed by atoms with Crippen LogP contribution in [-0.2, 0) is 4.74 Å². The van der Waals surface area contributed by atoms with Gasteiger partial charge in [-0.3, -0.25) is 0 Å². The summed E-state index contributed by atoms with van der Waals surface area (Å²) in [4.78, 5) is 14.9. The second-order valence-electron chi connectivity index (χ2n) is 5.78. The lowest BCUT2D eigenvalue weighted by Crippen LogP contribution is -2.21. The van der Waals surface area contributed by atoms with E-state index in [1.807, 2.05) is 31.2 Å². The van der Waals surface area contributed by atoms with E-state index in [1.165, 1.54) is 37.3 Å². The van der Waals surface area contributed by atoms with Gasteiger partial charge in [0.2, 0.25) is 0 Å². The van der Waals surface area contributed by atoms with E-state index in [0.717, 1.165) is 35.4 Å². The molecule has 1 aliphatic rings. The van der Waals surface area contributed by atoms with Crippen LogP contribution in [0.15, 0.2) is 24.3 Å². The molecule has 2 aromatic rings. The molecule has 0 aliphatic carbocycles. The lowest BCUT2D eigenvalue weighted by Gasteiger charge is -2.14. The Kier molecular flexibility index (Phi) is 5.51. The fourth-order valence-corrected chi connectivity index (χ4v) is 3.84. The van der Waals surface area contributed by atoms with Crippen LogP contribution >= 0.6 is 11.3 Å². The fraction of sp³-hybridized carbons (Fsp3) is 0.500. The van der Waals surface area contributed by atoms with E-state index in [4.69, 9.17) is 9.47 Å². The largest absolute Gasteiger partial charge is 0.494 e. The van der Waals surface area contributed by atoms with Crippen molar-refractivity contribution in [1.82, 2.24) is 4.90 Å². The van der Waals surface area contributed by atoms with Gasteiger partial charge in [-0.1, -0.05) is 0 Å². The molecule has 0 unspecified atom stereocenters. The highest BCUT2D eigenvalue weighted by Gasteiger charge is 2.12. The molecule has 1 fully saturated rings. The van der Waals surface area contributed by atoms with Gasteiger partial charge in [-0.25, -0.2) is 4.79 Å². The Bertz CT molecular complexity index is 661. The second-order valence-corrected chi connectivity index (χ2v) is 6.87. The molecule has 0 radical (unpaired) electrons. The number of rotatable bonds is 7. The van der Waals surface area contributed by atoms with Gasteiger partial charge in [-0.2, -0.15) is 0 Å². The zero-order valence-electron chi connectivity index (χ0n) is 13.5. The summed E-state index contributed by atoms with van der Waals surface area (Å²) in [7, 11) is 0. The van der Waals surface area contributed by atoms with Crippen LogP contribution in [0.2, 0.25) is 0 Å². The smallest absolute Gasteiger partial charge is 0.348 e. The predicted molar refractivity (Wildman–Crippen MR) is 93.6 cm³/mol. The number of hydrogen-bond acceptors (Lipinski definition) is 5. The summed E-state index contributed by atoms with van der Waals surface area (Å²) in [5, 5.41) is 1.04. The monoisotopic (exact) mass is 333 g/mol. The lowest BCUT2D eigenvalue weighted by molar-refractivity contribution is 0.0532. The van der Waals surface area contributed by atoms with Gasteiger partial charge in [-0.15, -0.1) is 11.3 Å². The van der Waals surface area contributed by atoms with Crippen LogP contribution in [0.5, 0.6) is 5.75 Å². The predicted octanol–water partition coefficient (Wildman–Crippen LogP) is 3.94. The highest BCUT2D eigenvalue weighted by atomic mass is 32.1. The van der Waals surface area contributed by atoms with Gasteiger partial charge < -0.3 is 14.4 Å². The average Bonchev–Trinajstić information content (AvgIpc) is 3.20. The molecule has 1 aromatic carbocycles. The maximum absolute atomic E-state index is 11.8. The Balaban J connectivity index is 1.55. The number of likely N-dealkylation sites (tertiary alicyclic amines) is 1. The Morgan fingerprint density at radius 2 is 2.09 bits per heavy atom. The summed E-state index contributed by atoms with van der Waals surface area (Å²) in [5.74, 6) is 0.619. The number of carbonyl (C=O) groups is 1. The molecule has 1 aliphatic heterocycles. The van der Waals surface area contributed by atoms with Crippen molar-refractivity contribution in [2.75, 3.05) is 32.8 Å². The molecule has 0 amide bonds. The zero-order valence-corrected chi connectivity index (χ0v) is 14.4. The number of hydrogen-bond donors (Lipinski definition) is 0. The third-order valence-corrected chi connectivity index (χ3v) is 5.15. The van der Waals surface area contributed by atoms with Crippen molar-refractivity contribution in [2.24, 2.45) is 0 Å². The number of fused-ring (bicyclic) bond motifs is 1. The van der Waals surface area contributed by atoms with E-state index in [1.54, 1.807) is 0 Å². The topological polar surface area (TPSA) is 38.8 Å². The summed E-state index contributed by atoms with van der Waals surface area (Å²) < 4.78 is 12.0. The number of ether oxygens (including phenoxy) is 2. The molecule has 1 saturated heterocycles. The van der Waals surface area contributed by atoms with E-state index in [0.29, 0.717) is 11.5 Å². The normalized spacial score (nSPS) is 15.2.